The number of nitrogens with one attached hydrogen (secondary N) is 2. The van der Waals surface area contributed by atoms with E-state index in [4.69, 9.17) is 9.47 Å². The number of aromatic nitrogens is 1. The van der Waals surface area contributed by atoms with Gasteiger partial charge in [0.05, 0.1) is 20.1 Å². The van der Waals surface area contributed by atoms with Crippen LogP contribution in [0.3, 0.4) is 0 Å². The van der Waals surface area contributed by atoms with Crippen LogP contribution < -0.4 is 20.1 Å². The first-order chi connectivity index (χ1) is 15.0. The summed E-state index contributed by atoms with van der Waals surface area (Å²) in [4.78, 5) is 31.8. The minimum atomic E-state index is -0.207. The van der Waals surface area contributed by atoms with Crippen LogP contribution in [0.2, 0.25) is 0 Å². The second-order valence-electron chi connectivity index (χ2n) is 8.23. The molecule has 8 heteroatoms. The van der Waals surface area contributed by atoms with Gasteiger partial charge in [-0.15, -0.1) is 0 Å². The molecule has 0 radical (unpaired) electrons. The number of anilines is 1. The number of hydrogen-bond acceptors (Lipinski definition) is 5. The molecule has 31 heavy (non-hydrogen) atoms. The van der Waals surface area contributed by atoms with Gasteiger partial charge in [0, 0.05) is 49.2 Å². The van der Waals surface area contributed by atoms with Crippen LogP contribution in [-0.4, -0.2) is 49.1 Å². The number of carbonyl (C=O) groups is 2. The van der Waals surface area contributed by atoms with Gasteiger partial charge in [-0.05, 0) is 36.6 Å². The van der Waals surface area contributed by atoms with E-state index in [1.807, 2.05) is 12.1 Å². The quantitative estimate of drug-likeness (QED) is 0.744. The molecule has 2 N–H and O–H groups in total. The Morgan fingerprint density at radius 3 is 2.65 bits per heavy atom. The van der Waals surface area contributed by atoms with Gasteiger partial charge in [0.15, 0.2) is 11.5 Å². The fourth-order valence-electron chi connectivity index (χ4n) is 4.55. The van der Waals surface area contributed by atoms with Crippen LogP contribution in [0.25, 0.3) is 0 Å². The molecule has 1 saturated carbocycles. The van der Waals surface area contributed by atoms with Gasteiger partial charge in [-0.2, -0.15) is 0 Å². The third-order valence-corrected chi connectivity index (χ3v) is 6.43. The molecule has 1 aliphatic carbocycles. The third kappa shape index (κ3) is 4.28. The molecule has 164 valence electrons. The number of nitrogens with zero attached hydrogens (tertiary/aromatic N) is 2. The van der Waals surface area contributed by atoms with Crippen LogP contribution >= 0.6 is 0 Å². The van der Waals surface area contributed by atoms with Crippen molar-refractivity contribution in [1.29, 1.82) is 0 Å². The molecule has 1 aromatic carbocycles. The number of likely N-dealkylation sites (tertiary alicyclic amines) is 1. The van der Waals surface area contributed by atoms with Gasteiger partial charge < -0.3 is 25.0 Å². The smallest absolute Gasteiger partial charge is 0.321 e. The van der Waals surface area contributed by atoms with Gasteiger partial charge in [0.2, 0.25) is 5.91 Å². The fourth-order valence-corrected chi connectivity index (χ4v) is 4.55. The van der Waals surface area contributed by atoms with Crippen molar-refractivity contribution in [3.8, 4) is 11.5 Å². The van der Waals surface area contributed by atoms with Gasteiger partial charge in [-0.1, -0.05) is 12.5 Å². The Bertz CT molecular complexity index is 946. The first-order valence-electron chi connectivity index (χ1n) is 10.5. The normalized spacial score (nSPS) is 18.9. The van der Waals surface area contributed by atoms with E-state index in [1.54, 1.807) is 49.7 Å². The molecule has 1 spiro atoms. The molecule has 2 heterocycles. The summed E-state index contributed by atoms with van der Waals surface area (Å²) < 4.78 is 10.6. The highest BCUT2D eigenvalue weighted by molar-refractivity contribution is 5.91. The van der Waals surface area contributed by atoms with Crippen LogP contribution in [0.1, 0.15) is 24.8 Å². The summed E-state index contributed by atoms with van der Waals surface area (Å²) in [5, 5.41) is 5.96. The van der Waals surface area contributed by atoms with Crippen molar-refractivity contribution in [2.24, 2.45) is 11.3 Å². The first-order valence-corrected chi connectivity index (χ1v) is 10.5. The zero-order chi connectivity index (χ0) is 21.8. The second-order valence-corrected chi connectivity index (χ2v) is 8.23. The number of methoxy groups -OCH3 is 2. The lowest BCUT2D eigenvalue weighted by Crippen LogP contribution is -2.45. The number of benzene rings is 1. The van der Waals surface area contributed by atoms with E-state index in [9.17, 15) is 9.59 Å². The van der Waals surface area contributed by atoms with Crippen LogP contribution in [0.15, 0.2) is 42.7 Å². The Balaban J connectivity index is 1.41. The van der Waals surface area contributed by atoms with E-state index >= 15 is 0 Å². The topological polar surface area (TPSA) is 92.8 Å². The Morgan fingerprint density at radius 1 is 1.19 bits per heavy atom. The molecule has 2 aliphatic rings. The molecule has 3 amide bonds. The van der Waals surface area contributed by atoms with Gasteiger partial charge >= 0.3 is 6.03 Å². The molecule has 4 rings (SSSR count). The highest BCUT2D eigenvalue weighted by atomic mass is 16.5. The highest BCUT2D eigenvalue weighted by Gasteiger charge is 2.54. The van der Waals surface area contributed by atoms with E-state index < -0.39 is 0 Å². The van der Waals surface area contributed by atoms with Crippen molar-refractivity contribution in [2.45, 2.75) is 25.8 Å². The Kier molecular flexibility index (Phi) is 5.97. The maximum absolute atomic E-state index is 13.0. The van der Waals surface area contributed by atoms with Crippen molar-refractivity contribution in [2.75, 3.05) is 32.6 Å². The molecule has 2 aromatic rings. The van der Waals surface area contributed by atoms with Crippen LogP contribution in [0.4, 0.5) is 10.5 Å². The number of rotatable bonds is 6. The Labute approximate surface area is 181 Å². The molecular formula is C23H28N4O4. The number of carbonyl (C=O) groups excluding carboxylic acids is 2. The number of pyridine rings is 1. The molecular weight excluding hydrogens is 396 g/mol. The van der Waals surface area contributed by atoms with Crippen molar-refractivity contribution < 1.29 is 19.1 Å². The highest BCUT2D eigenvalue weighted by Crippen LogP contribution is 2.51. The van der Waals surface area contributed by atoms with E-state index in [1.165, 1.54) is 0 Å². The number of hydrogen-bond donors (Lipinski definition) is 2. The van der Waals surface area contributed by atoms with Crippen molar-refractivity contribution in [1.82, 2.24) is 15.2 Å². The molecule has 1 atom stereocenters. The summed E-state index contributed by atoms with van der Waals surface area (Å²) in [6, 6.07) is 8.83. The van der Waals surface area contributed by atoms with Gasteiger partial charge in [0.1, 0.15) is 0 Å². The first kappa shape index (κ1) is 21.0. The second kappa shape index (κ2) is 8.83. The molecule has 1 saturated heterocycles. The van der Waals surface area contributed by atoms with Crippen LogP contribution in [0.5, 0.6) is 11.5 Å². The van der Waals surface area contributed by atoms with Crippen LogP contribution in [0, 0.1) is 11.3 Å². The van der Waals surface area contributed by atoms with Gasteiger partial charge in [0.25, 0.3) is 0 Å². The van der Waals surface area contributed by atoms with Crippen LogP contribution in [-0.2, 0) is 11.3 Å². The van der Waals surface area contributed by atoms with E-state index in [0.717, 1.165) is 24.8 Å². The lowest BCUT2D eigenvalue weighted by Gasteiger charge is -2.41. The fraction of sp³-hybridized carbons (Fsp3) is 0.435. The monoisotopic (exact) mass is 424 g/mol. The summed E-state index contributed by atoms with van der Waals surface area (Å²) in [7, 11) is 3.12. The molecule has 2 fully saturated rings. The molecule has 0 bridgehead atoms. The standard InChI is InChI=1S/C23H28N4O4/c1-30-19-7-6-17(11-20(19)31-2)26-22(29)27-14-18(23(15-27)8-4-9-23)21(28)25-13-16-5-3-10-24-12-16/h3,5-7,10-12,18H,4,8-9,13-15H2,1-2H3,(H,25,28)(H,26,29). The number of ether oxygens (including phenoxy) is 2. The summed E-state index contributed by atoms with van der Waals surface area (Å²) in [6.07, 6.45) is 6.49. The third-order valence-electron chi connectivity index (χ3n) is 6.43. The summed E-state index contributed by atoms with van der Waals surface area (Å²) in [6.45, 7) is 1.45. The molecule has 1 aliphatic heterocycles. The summed E-state index contributed by atoms with van der Waals surface area (Å²) in [5.74, 6) is 0.948. The minimum Gasteiger partial charge on any atom is -0.493 e. The number of amides is 3. The molecule has 1 aromatic heterocycles. The largest absolute Gasteiger partial charge is 0.493 e. The van der Waals surface area contributed by atoms with Gasteiger partial charge in [-0.25, -0.2) is 4.79 Å². The minimum absolute atomic E-state index is 0.00460. The van der Waals surface area contributed by atoms with Crippen molar-refractivity contribution in [3.05, 3.63) is 48.3 Å². The maximum atomic E-state index is 13.0. The zero-order valence-corrected chi connectivity index (χ0v) is 17.9. The lowest BCUT2D eigenvalue weighted by atomic mass is 9.62. The predicted octanol–water partition coefficient (Wildman–Crippen LogP) is 3.05. The molecule has 1 unspecified atom stereocenters. The van der Waals surface area contributed by atoms with E-state index in [-0.39, 0.29) is 23.3 Å². The Hall–Kier alpha value is -3.29. The lowest BCUT2D eigenvalue weighted by molar-refractivity contribution is -0.129. The average molecular weight is 425 g/mol. The van der Waals surface area contributed by atoms with Crippen molar-refractivity contribution in [3.63, 3.8) is 0 Å². The zero-order valence-electron chi connectivity index (χ0n) is 17.9. The number of urea groups is 1. The van der Waals surface area contributed by atoms with Gasteiger partial charge in [-0.3, -0.25) is 9.78 Å². The van der Waals surface area contributed by atoms with E-state index in [0.29, 0.717) is 36.8 Å². The van der Waals surface area contributed by atoms with Crippen molar-refractivity contribution >= 4 is 17.6 Å². The summed E-state index contributed by atoms with van der Waals surface area (Å²) >= 11 is 0. The summed E-state index contributed by atoms with van der Waals surface area (Å²) in [5.41, 5.74) is 1.46. The van der Waals surface area contributed by atoms with E-state index in [2.05, 4.69) is 15.6 Å². The predicted molar refractivity (Wildman–Crippen MR) is 116 cm³/mol. The SMILES string of the molecule is COc1ccc(NC(=O)N2CC(C(=O)NCc3cccnc3)C3(CCC3)C2)cc1OC. The Morgan fingerprint density at radius 2 is 2.00 bits per heavy atom. The maximum Gasteiger partial charge on any atom is 0.321 e. The average Bonchev–Trinajstić information content (AvgIpc) is 3.20. The molecule has 8 nitrogen and oxygen atoms in total.